The summed E-state index contributed by atoms with van der Waals surface area (Å²) >= 11 is 0. The molecule has 18 heavy (non-hydrogen) atoms. The van der Waals surface area contributed by atoms with Crippen LogP contribution in [-0.2, 0) is 14.3 Å². The van der Waals surface area contributed by atoms with Gasteiger partial charge in [-0.1, -0.05) is 12.8 Å². The molecule has 1 spiro atoms. The van der Waals surface area contributed by atoms with E-state index in [9.17, 15) is 9.59 Å². The van der Waals surface area contributed by atoms with E-state index in [-0.39, 0.29) is 23.8 Å². The van der Waals surface area contributed by atoms with Gasteiger partial charge in [0.2, 0.25) is 5.91 Å². The zero-order valence-electron chi connectivity index (χ0n) is 10.9. The number of hydrogen-bond acceptors (Lipinski definition) is 3. The van der Waals surface area contributed by atoms with E-state index >= 15 is 0 Å². The van der Waals surface area contributed by atoms with Crippen LogP contribution < -0.4 is 0 Å². The maximum Gasteiger partial charge on any atom is 0.323 e. The SMILES string of the molecule is COCCN(CC(=O)O)C(=O)[C@H]1CC12CCCC2. The zero-order chi connectivity index (χ0) is 13.2. The van der Waals surface area contributed by atoms with E-state index in [1.165, 1.54) is 17.7 Å². The molecule has 2 fully saturated rings. The molecule has 0 aromatic heterocycles. The van der Waals surface area contributed by atoms with Crippen molar-refractivity contribution >= 4 is 11.9 Å². The Balaban J connectivity index is 1.93. The first-order chi connectivity index (χ1) is 8.59. The number of carboxylic acid groups (broad SMARTS) is 1. The van der Waals surface area contributed by atoms with Gasteiger partial charge in [0.05, 0.1) is 6.61 Å². The molecule has 2 aliphatic carbocycles. The predicted octanol–water partition coefficient (Wildman–Crippen LogP) is 1.13. The lowest BCUT2D eigenvalue weighted by Gasteiger charge is -2.21. The Labute approximate surface area is 107 Å². The van der Waals surface area contributed by atoms with Gasteiger partial charge in [-0.05, 0) is 24.7 Å². The summed E-state index contributed by atoms with van der Waals surface area (Å²) in [5, 5.41) is 8.86. The first kappa shape index (κ1) is 13.3. The number of ether oxygens (including phenoxy) is 1. The molecule has 0 aromatic rings. The fourth-order valence-corrected chi connectivity index (χ4v) is 3.18. The number of carbonyl (C=O) groups excluding carboxylic acids is 1. The van der Waals surface area contributed by atoms with Crippen LogP contribution in [0.15, 0.2) is 0 Å². The summed E-state index contributed by atoms with van der Waals surface area (Å²) in [7, 11) is 1.55. The number of carbonyl (C=O) groups is 2. The highest BCUT2D eigenvalue weighted by Crippen LogP contribution is 2.63. The van der Waals surface area contributed by atoms with Crippen LogP contribution in [-0.4, -0.2) is 48.7 Å². The van der Waals surface area contributed by atoms with Gasteiger partial charge in [0.25, 0.3) is 0 Å². The molecular formula is C13H21NO4. The Morgan fingerprint density at radius 2 is 2.06 bits per heavy atom. The second kappa shape index (κ2) is 5.26. The topological polar surface area (TPSA) is 66.8 Å². The maximum atomic E-state index is 12.3. The Morgan fingerprint density at radius 3 is 2.61 bits per heavy atom. The van der Waals surface area contributed by atoms with Crippen LogP contribution in [0.2, 0.25) is 0 Å². The monoisotopic (exact) mass is 255 g/mol. The highest BCUT2D eigenvalue weighted by atomic mass is 16.5. The molecule has 5 nitrogen and oxygen atoms in total. The normalized spacial score (nSPS) is 24.2. The molecule has 0 bridgehead atoms. The Bertz CT molecular complexity index is 336. The molecular weight excluding hydrogens is 234 g/mol. The molecule has 1 atom stereocenters. The second-order valence-corrected chi connectivity index (χ2v) is 5.47. The second-order valence-electron chi connectivity index (χ2n) is 5.47. The van der Waals surface area contributed by atoms with Gasteiger partial charge in [-0.15, -0.1) is 0 Å². The van der Waals surface area contributed by atoms with Gasteiger partial charge in [0.1, 0.15) is 6.54 Å². The van der Waals surface area contributed by atoms with E-state index in [0.717, 1.165) is 19.3 Å². The van der Waals surface area contributed by atoms with E-state index in [2.05, 4.69) is 0 Å². The van der Waals surface area contributed by atoms with Gasteiger partial charge in [-0.2, -0.15) is 0 Å². The number of hydrogen-bond donors (Lipinski definition) is 1. The summed E-state index contributed by atoms with van der Waals surface area (Å²) in [5.74, 6) is -0.881. The quantitative estimate of drug-likeness (QED) is 0.772. The third-order valence-corrected chi connectivity index (χ3v) is 4.29. The van der Waals surface area contributed by atoms with Gasteiger partial charge < -0.3 is 14.7 Å². The van der Waals surface area contributed by atoms with Crippen LogP contribution in [0.25, 0.3) is 0 Å². The van der Waals surface area contributed by atoms with E-state index < -0.39 is 5.97 Å². The highest BCUT2D eigenvalue weighted by molar-refractivity contribution is 5.86. The summed E-state index contributed by atoms with van der Waals surface area (Å²) in [6, 6.07) is 0. The summed E-state index contributed by atoms with van der Waals surface area (Å²) in [5.41, 5.74) is 0.223. The number of carboxylic acids is 1. The van der Waals surface area contributed by atoms with E-state index in [1.54, 1.807) is 7.11 Å². The molecule has 0 aliphatic heterocycles. The third kappa shape index (κ3) is 2.66. The molecule has 0 aromatic carbocycles. The van der Waals surface area contributed by atoms with E-state index in [4.69, 9.17) is 9.84 Å². The third-order valence-electron chi connectivity index (χ3n) is 4.29. The zero-order valence-corrected chi connectivity index (χ0v) is 10.9. The lowest BCUT2D eigenvalue weighted by molar-refractivity contribution is -0.145. The smallest absolute Gasteiger partial charge is 0.323 e. The molecule has 0 saturated heterocycles. The molecule has 2 rings (SSSR count). The van der Waals surface area contributed by atoms with Crippen molar-refractivity contribution in [2.75, 3.05) is 26.8 Å². The van der Waals surface area contributed by atoms with Crippen LogP contribution in [0.4, 0.5) is 0 Å². The fourth-order valence-electron chi connectivity index (χ4n) is 3.18. The van der Waals surface area contributed by atoms with Gasteiger partial charge in [-0.3, -0.25) is 9.59 Å². The molecule has 1 amide bonds. The largest absolute Gasteiger partial charge is 0.480 e. The van der Waals surface area contributed by atoms with Crippen LogP contribution in [0.1, 0.15) is 32.1 Å². The summed E-state index contributed by atoms with van der Waals surface area (Å²) in [6.07, 6.45) is 5.64. The molecule has 2 aliphatic rings. The average Bonchev–Trinajstić information content (AvgIpc) is 2.81. The molecule has 1 N–H and O–H groups in total. The van der Waals surface area contributed by atoms with Gasteiger partial charge >= 0.3 is 5.97 Å². The van der Waals surface area contributed by atoms with Gasteiger partial charge in [-0.25, -0.2) is 0 Å². The lowest BCUT2D eigenvalue weighted by atomic mass is 10.0. The van der Waals surface area contributed by atoms with Crippen molar-refractivity contribution in [1.82, 2.24) is 4.90 Å². The van der Waals surface area contributed by atoms with E-state index in [0.29, 0.717) is 13.2 Å². The van der Waals surface area contributed by atoms with Gasteiger partial charge in [0, 0.05) is 19.6 Å². The summed E-state index contributed by atoms with van der Waals surface area (Å²) < 4.78 is 4.93. The lowest BCUT2D eigenvalue weighted by Crippen LogP contribution is -2.39. The Hall–Kier alpha value is -1.10. The van der Waals surface area contributed by atoms with Gasteiger partial charge in [0.15, 0.2) is 0 Å². The van der Waals surface area contributed by atoms with Crippen molar-refractivity contribution in [2.45, 2.75) is 32.1 Å². The maximum absolute atomic E-state index is 12.3. The predicted molar refractivity (Wildman–Crippen MR) is 65.1 cm³/mol. The first-order valence-corrected chi connectivity index (χ1v) is 6.58. The van der Waals surface area contributed by atoms with Crippen LogP contribution in [0.5, 0.6) is 0 Å². The number of nitrogens with zero attached hydrogens (tertiary/aromatic N) is 1. The van der Waals surface area contributed by atoms with Crippen molar-refractivity contribution in [1.29, 1.82) is 0 Å². The minimum atomic E-state index is -0.958. The molecule has 2 saturated carbocycles. The summed E-state index contributed by atoms with van der Waals surface area (Å²) in [4.78, 5) is 24.5. The van der Waals surface area contributed by atoms with Crippen molar-refractivity contribution in [3.63, 3.8) is 0 Å². The van der Waals surface area contributed by atoms with Crippen LogP contribution in [0, 0.1) is 11.3 Å². The van der Waals surface area contributed by atoms with Crippen LogP contribution >= 0.6 is 0 Å². The molecule has 0 unspecified atom stereocenters. The molecule has 102 valence electrons. The fraction of sp³-hybridized carbons (Fsp3) is 0.846. The van der Waals surface area contributed by atoms with Crippen molar-refractivity contribution < 1.29 is 19.4 Å². The molecule has 5 heteroatoms. The minimum absolute atomic E-state index is 0.0105. The summed E-state index contributed by atoms with van der Waals surface area (Å²) in [6.45, 7) is 0.543. The van der Waals surface area contributed by atoms with Crippen molar-refractivity contribution in [2.24, 2.45) is 11.3 Å². The number of amides is 1. The number of aliphatic carboxylic acids is 1. The van der Waals surface area contributed by atoms with Crippen LogP contribution in [0.3, 0.4) is 0 Å². The van der Waals surface area contributed by atoms with Crippen molar-refractivity contribution in [3.8, 4) is 0 Å². The molecule has 0 radical (unpaired) electrons. The Morgan fingerprint density at radius 1 is 1.39 bits per heavy atom. The standard InChI is InChI=1S/C13H21NO4/c1-18-7-6-14(9-11(15)16)12(17)10-8-13(10)4-2-3-5-13/h10H,2-9H2,1H3,(H,15,16)/t10-/m1/s1. The average molecular weight is 255 g/mol. The Kier molecular flexibility index (Phi) is 3.90. The number of methoxy groups -OCH3 is 1. The molecule has 0 heterocycles. The number of rotatable bonds is 6. The highest BCUT2D eigenvalue weighted by Gasteiger charge is 2.59. The van der Waals surface area contributed by atoms with Crippen molar-refractivity contribution in [3.05, 3.63) is 0 Å². The first-order valence-electron chi connectivity index (χ1n) is 6.58. The minimum Gasteiger partial charge on any atom is -0.480 e. The van der Waals surface area contributed by atoms with E-state index in [1.807, 2.05) is 0 Å².